The Morgan fingerprint density at radius 1 is 1.26 bits per heavy atom. The molecule has 1 aliphatic heterocycles. The molecule has 19 heavy (non-hydrogen) atoms. The van der Waals surface area contributed by atoms with Crippen LogP contribution in [0.5, 0.6) is 0 Å². The number of nitriles is 1. The summed E-state index contributed by atoms with van der Waals surface area (Å²) in [6.07, 6.45) is 1.06. The van der Waals surface area contributed by atoms with E-state index in [-0.39, 0.29) is 4.90 Å². The fourth-order valence-electron chi connectivity index (χ4n) is 2.68. The molecular formula is C14H18N2O2S. The van der Waals surface area contributed by atoms with E-state index in [1.165, 1.54) is 6.07 Å². The van der Waals surface area contributed by atoms with Gasteiger partial charge in [0.05, 0.1) is 16.5 Å². The first-order chi connectivity index (χ1) is 8.93. The van der Waals surface area contributed by atoms with Crippen LogP contribution in [-0.4, -0.2) is 25.8 Å². The average Bonchev–Trinajstić information content (AvgIpc) is 2.37. The molecule has 0 unspecified atom stereocenters. The van der Waals surface area contributed by atoms with Crippen LogP contribution in [-0.2, 0) is 10.0 Å². The molecule has 0 radical (unpaired) electrons. The molecule has 1 aromatic carbocycles. The van der Waals surface area contributed by atoms with Gasteiger partial charge >= 0.3 is 0 Å². The van der Waals surface area contributed by atoms with Crippen LogP contribution >= 0.6 is 0 Å². The molecule has 0 aromatic heterocycles. The van der Waals surface area contributed by atoms with Gasteiger partial charge < -0.3 is 0 Å². The number of hydrogen-bond donors (Lipinski definition) is 0. The van der Waals surface area contributed by atoms with E-state index >= 15 is 0 Å². The summed E-state index contributed by atoms with van der Waals surface area (Å²) in [4.78, 5) is 0.216. The summed E-state index contributed by atoms with van der Waals surface area (Å²) in [6.45, 7) is 5.26. The zero-order valence-electron chi connectivity index (χ0n) is 11.2. The molecule has 0 amide bonds. The summed E-state index contributed by atoms with van der Waals surface area (Å²) in [5.74, 6) is 0.746. The molecule has 0 aliphatic carbocycles. The van der Waals surface area contributed by atoms with E-state index in [4.69, 9.17) is 5.26 Å². The molecule has 0 spiro atoms. The summed E-state index contributed by atoms with van der Waals surface area (Å²) < 4.78 is 26.7. The first-order valence-corrected chi connectivity index (χ1v) is 7.88. The van der Waals surface area contributed by atoms with E-state index in [1.54, 1.807) is 22.5 Å². The van der Waals surface area contributed by atoms with Crippen LogP contribution in [0.25, 0.3) is 0 Å². The third-order valence-corrected chi connectivity index (χ3v) is 5.26. The molecule has 0 bridgehead atoms. The Balaban J connectivity index is 2.34. The topological polar surface area (TPSA) is 61.2 Å². The molecule has 1 aromatic rings. The zero-order valence-corrected chi connectivity index (χ0v) is 12.0. The molecule has 0 saturated carbocycles. The normalized spacial score (nSPS) is 24.9. The highest BCUT2D eigenvalue weighted by Gasteiger charge is 2.31. The van der Waals surface area contributed by atoms with E-state index in [1.807, 2.05) is 6.07 Å². The van der Waals surface area contributed by atoms with Crippen molar-refractivity contribution in [3.05, 3.63) is 29.8 Å². The number of rotatable bonds is 2. The predicted octanol–water partition coefficient (Wildman–Crippen LogP) is 2.22. The second kappa shape index (κ2) is 5.32. The molecule has 1 saturated heterocycles. The van der Waals surface area contributed by atoms with Crippen LogP contribution in [0.15, 0.2) is 29.2 Å². The highest BCUT2D eigenvalue weighted by molar-refractivity contribution is 7.89. The van der Waals surface area contributed by atoms with E-state index < -0.39 is 10.0 Å². The third kappa shape index (κ3) is 2.96. The van der Waals surface area contributed by atoms with Gasteiger partial charge in [-0.3, -0.25) is 0 Å². The minimum absolute atomic E-state index is 0.216. The number of nitrogens with zero attached hydrogens (tertiary/aromatic N) is 2. The Morgan fingerprint density at radius 2 is 1.89 bits per heavy atom. The predicted molar refractivity (Wildman–Crippen MR) is 72.9 cm³/mol. The Hall–Kier alpha value is -1.38. The van der Waals surface area contributed by atoms with Crippen molar-refractivity contribution < 1.29 is 8.42 Å². The summed E-state index contributed by atoms with van der Waals surface area (Å²) in [6, 6.07) is 8.20. The SMILES string of the molecule is C[C@@H]1C[C@@H](C)CN(S(=O)(=O)c2cccc(C#N)c2)C1. The summed E-state index contributed by atoms with van der Waals surface area (Å²) in [5.41, 5.74) is 0.374. The molecule has 2 rings (SSSR count). The van der Waals surface area contributed by atoms with Gasteiger partial charge in [0.15, 0.2) is 0 Å². The molecule has 2 atom stereocenters. The van der Waals surface area contributed by atoms with Gasteiger partial charge in [-0.05, 0) is 36.5 Å². The van der Waals surface area contributed by atoms with Crippen LogP contribution in [0.4, 0.5) is 0 Å². The lowest BCUT2D eigenvalue weighted by Crippen LogP contribution is -2.42. The molecule has 1 fully saturated rings. The standard InChI is InChI=1S/C14H18N2O2S/c1-11-6-12(2)10-16(9-11)19(17,18)14-5-3-4-13(7-14)8-15/h3-5,7,11-12H,6,9-10H2,1-2H3/t11-,12-/m1/s1. The van der Waals surface area contributed by atoms with Gasteiger partial charge in [0.25, 0.3) is 0 Å². The van der Waals surface area contributed by atoms with Crippen LogP contribution in [0.3, 0.4) is 0 Å². The lowest BCUT2D eigenvalue weighted by atomic mass is 9.94. The Bertz CT molecular complexity index is 594. The Labute approximate surface area is 114 Å². The van der Waals surface area contributed by atoms with Gasteiger partial charge in [-0.25, -0.2) is 8.42 Å². The summed E-state index contributed by atoms with van der Waals surface area (Å²) in [5, 5.41) is 8.86. The van der Waals surface area contributed by atoms with Crippen LogP contribution < -0.4 is 0 Å². The first kappa shape index (κ1) is 14.0. The van der Waals surface area contributed by atoms with Crippen molar-refractivity contribution in [1.82, 2.24) is 4.31 Å². The summed E-state index contributed by atoms with van der Waals surface area (Å²) >= 11 is 0. The maximum Gasteiger partial charge on any atom is 0.243 e. The number of benzene rings is 1. The van der Waals surface area contributed by atoms with Crippen molar-refractivity contribution in [1.29, 1.82) is 5.26 Å². The van der Waals surface area contributed by atoms with Crippen molar-refractivity contribution in [2.45, 2.75) is 25.2 Å². The summed E-state index contributed by atoms with van der Waals surface area (Å²) in [7, 11) is -3.48. The van der Waals surface area contributed by atoms with Crippen molar-refractivity contribution in [3.63, 3.8) is 0 Å². The third-order valence-electron chi connectivity index (χ3n) is 3.44. The number of sulfonamides is 1. The van der Waals surface area contributed by atoms with Crippen molar-refractivity contribution in [2.75, 3.05) is 13.1 Å². The van der Waals surface area contributed by atoms with Gasteiger partial charge in [-0.1, -0.05) is 19.9 Å². The second-order valence-corrected chi connectivity index (χ2v) is 7.35. The lowest BCUT2D eigenvalue weighted by molar-refractivity contribution is 0.222. The van der Waals surface area contributed by atoms with Crippen LogP contribution in [0, 0.1) is 23.2 Å². The van der Waals surface area contributed by atoms with E-state index in [9.17, 15) is 8.42 Å². The van der Waals surface area contributed by atoms with Gasteiger partial charge in [0, 0.05) is 13.1 Å². The number of piperidine rings is 1. The van der Waals surface area contributed by atoms with Crippen molar-refractivity contribution in [2.24, 2.45) is 11.8 Å². The maximum atomic E-state index is 12.6. The smallest absolute Gasteiger partial charge is 0.207 e. The maximum absolute atomic E-state index is 12.6. The quantitative estimate of drug-likeness (QED) is 0.833. The van der Waals surface area contributed by atoms with E-state index in [2.05, 4.69) is 13.8 Å². The van der Waals surface area contributed by atoms with Gasteiger partial charge in [-0.2, -0.15) is 9.57 Å². The lowest BCUT2D eigenvalue weighted by Gasteiger charge is -2.34. The van der Waals surface area contributed by atoms with Crippen LogP contribution in [0.1, 0.15) is 25.8 Å². The van der Waals surface area contributed by atoms with Crippen molar-refractivity contribution >= 4 is 10.0 Å². The molecular weight excluding hydrogens is 260 g/mol. The molecule has 4 nitrogen and oxygen atoms in total. The molecule has 1 aliphatic rings. The number of hydrogen-bond acceptors (Lipinski definition) is 3. The monoisotopic (exact) mass is 278 g/mol. The average molecular weight is 278 g/mol. The molecule has 0 N–H and O–H groups in total. The van der Waals surface area contributed by atoms with E-state index in [0.29, 0.717) is 30.5 Å². The Kier molecular flexibility index (Phi) is 3.93. The minimum atomic E-state index is -3.48. The fraction of sp³-hybridized carbons (Fsp3) is 0.500. The zero-order chi connectivity index (χ0) is 14.0. The molecule has 102 valence electrons. The Morgan fingerprint density at radius 3 is 2.47 bits per heavy atom. The minimum Gasteiger partial charge on any atom is -0.207 e. The highest BCUT2D eigenvalue weighted by atomic mass is 32.2. The largest absolute Gasteiger partial charge is 0.243 e. The van der Waals surface area contributed by atoms with Gasteiger partial charge in [0.1, 0.15) is 0 Å². The molecule has 1 heterocycles. The van der Waals surface area contributed by atoms with E-state index in [0.717, 1.165) is 6.42 Å². The first-order valence-electron chi connectivity index (χ1n) is 6.44. The fourth-order valence-corrected chi connectivity index (χ4v) is 4.40. The van der Waals surface area contributed by atoms with Gasteiger partial charge in [0.2, 0.25) is 10.0 Å². The molecule has 5 heteroatoms. The van der Waals surface area contributed by atoms with Crippen LogP contribution in [0.2, 0.25) is 0 Å². The van der Waals surface area contributed by atoms with Crippen molar-refractivity contribution in [3.8, 4) is 6.07 Å². The van der Waals surface area contributed by atoms with Gasteiger partial charge in [-0.15, -0.1) is 0 Å². The second-order valence-electron chi connectivity index (χ2n) is 5.41. The highest BCUT2D eigenvalue weighted by Crippen LogP contribution is 2.26.